The number of rotatable bonds is 7. The lowest BCUT2D eigenvalue weighted by molar-refractivity contribution is -0.930. The summed E-state index contributed by atoms with van der Waals surface area (Å²) < 4.78 is 0. The van der Waals surface area contributed by atoms with Crippen LogP contribution in [0.3, 0.4) is 0 Å². The van der Waals surface area contributed by atoms with E-state index in [2.05, 4.69) is 27.8 Å². The second-order valence-corrected chi connectivity index (χ2v) is 9.46. The number of benzene rings is 1. The summed E-state index contributed by atoms with van der Waals surface area (Å²) in [4.78, 5) is 30.5. The smallest absolute Gasteiger partial charge is 0.275 e. The van der Waals surface area contributed by atoms with Crippen molar-refractivity contribution in [3.63, 3.8) is 0 Å². The average Bonchev–Trinajstić information content (AvgIpc) is 2.95. The van der Waals surface area contributed by atoms with Crippen LogP contribution in [0.4, 0.5) is 0 Å². The molecule has 0 saturated carbocycles. The van der Waals surface area contributed by atoms with Crippen LogP contribution in [-0.4, -0.2) is 68.2 Å². The lowest BCUT2D eigenvalue weighted by Crippen LogP contribution is -3.18. The first-order valence-corrected chi connectivity index (χ1v) is 11.1. The van der Waals surface area contributed by atoms with Crippen LogP contribution >= 0.6 is 0 Å². The van der Waals surface area contributed by atoms with Gasteiger partial charge in [-0.15, -0.1) is 0 Å². The molecule has 7 heteroatoms. The van der Waals surface area contributed by atoms with Crippen LogP contribution in [0.5, 0.6) is 0 Å². The predicted octanol–water partition coefficient (Wildman–Crippen LogP) is -1.09. The van der Waals surface area contributed by atoms with E-state index in [1.807, 2.05) is 39.1 Å². The summed E-state index contributed by atoms with van der Waals surface area (Å²) in [5.41, 5.74) is 2.18. The quantitative estimate of drug-likeness (QED) is 0.399. The van der Waals surface area contributed by atoms with Crippen LogP contribution in [-0.2, 0) is 16.0 Å². The molecule has 5 N–H and O–H groups in total. The topological polar surface area (TPSA) is 82.9 Å². The molecule has 7 nitrogen and oxygen atoms in total. The van der Waals surface area contributed by atoms with Crippen LogP contribution in [0, 0.1) is 0 Å². The molecule has 0 radical (unpaired) electrons. The Morgan fingerprint density at radius 3 is 2.37 bits per heavy atom. The largest absolute Gasteiger partial charge is 0.361 e. The van der Waals surface area contributed by atoms with Crippen LogP contribution in [0.25, 0.3) is 10.9 Å². The zero-order valence-electron chi connectivity index (χ0n) is 18.6. The SMILES string of the molecule is CC(C)(C)NC(=O)C[NH+]1CCC[NH+](CC(=O)NCCc2c[nH]c3ccccc23)CC1. The number of aromatic amines is 1. The second kappa shape index (κ2) is 10.1. The Morgan fingerprint density at radius 2 is 1.67 bits per heavy atom. The molecule has 3 rings (SSSR count). The molecule has 30 heavy (non-hydrogen) atoms. The van der Waals surface area contributed by atoms with Gasteiger partial charge in [0.25, 0.3) is 11.8 Å². The molecule has 1 aromatic heterocycles. The number of hydrogen-bond acceptors (Lipinski definition) is 2. The van der Waals surface area contributed by atoms with E-state index in [0.717, 1.165) is 44.5 Å². The number of carbonyl (C=O) groups excluding carboxylic acids is 2. The molecule has 1 aliphatic rings. The Labute approximate surface area is 179 Å². The third kappa shape index (κ3) is 6.85. The van der Waals surface area contributed by atoms with Crippen LogP contribution in [0.2, 0.25) is 0 Å². The molecule has 2 amide bonds. The Balaban J connectivity index is 1.38. The highest BCUT2D eigenvalue weighted by Crippen LogP contribution is 2.17. The predicted molar refractivity (Wildman–Crippen MR) is 119 cm³/mol. The fraction of sp³-hybridized carbons (Fsp3) is 0.565. The lowest BCUT2D eigenvalue weighted by atomic mass is 10.1. The van der Waals surface area contributed by atoms with Crippen molar-refractivity contribution in [3.05, 3.63) is 36.0 Å². The fourth-order valence-corrected chi connectivity index (χ4v) is 4.20. The van der Waals surface area contributed by atoms with Crippen LogP contribution in [0.15, 0.2) is 30.5 Å². The molecule has 1 saturated heterocycles. The normalized spacial score (nSPS) is 20.0. The van der Waals surface area contributed by atoms with Crippen molar-refractivity contribution in [3.8, 4) is 0 Å². The van der Waals surface area contributed by atoms with Crippen molar-refractivity contribution >= 4 is 22.7 Å². The second-order valence-electron chi connectivity index (χ2n) is 9.46. The van der Waals surface area contributed by atoms with Crippen LogP contribution < -0.4 is 20.4 Å². The number of aromatic nitrogens is 1. The maximum absolute atomic E-state index is 12.4. The van der Waals surface area contributed by atoms with Gasteiger partial charge >= 0.3 is 0 Å². The number of H-pyrrole nitrogens is 1. The molecular formula is C23H37N5O2+2. The molecule has 2 unspecified atom stereocenters. The Kier molecular flexibility index (Phi) is 7.50. The zero-order chi connectivity index (χ0) is 21.6. The van der Waals surface area contributed by atoms with Crippen LogP contribution in [0.1, 0.15) is 32.8 Å². The monoisotopic (exact) mass is 415 g/mol. The molecule has 1 aromatic carbocycles. The summed E-state index contributed by atoms with van der Waals surface area (Å²) in [6.45, 7) is 11.5. The fourth-order valence-electron chi connectivity index (χ4n) is 4.20. The molecule has 1 fully saturated rings. The summed E-state index contributed by atoms with van der Waals surface area (Å²) in [6, 6.07) is 8.24. The number of fused-ring (bicyclic) bond motifs is 1. The number of carbonyl (C=O) groups is 2. The van der Waals surface area contributed by atoms with Gasteiger partial charge in [-0.2, -0.15) is 0 Å². The van der Waals surface area contributed by atoms with E-state index < -0.39 is 0 Å². The van der Waals surface area contributed by atoms with Crippen molar-refractivity contribution in [1.82, 2.24) is 15.6 Å². The van der Waals surface area contributed by atoms with E-state index in [1.54, 1.807) is 0 Å². The van der Waals surface area contributed by atoms with Crippen molar-refractivity contribution in [1.29, 1.82) is 0 Å². The molecular weight excluding hydrogens is 378 g/mol. The Bertz CT molecular complexity index is 855. The van der Waals surface area contributed by atoms with E-state index in [1.165, 1.54) is 20.7 Å². The Morgan fingerprint density at radius 1 is 1.00 bits per heavy atom. The molecule has 2 atom stereocenters. The molecule has 1 aliphatic heterocycles. The van der Waals surface area contributed by atoms with Crippen molar-refractivity contribution in [2.24, 2.45) is 0 Å². The van der Waals surface area contributed by atoms with Gasteiger partial charge in [-0.25, -0.2) is 0 Å². The average molecular weight is 416 g/mol. The molecule has 0 aliphatic carbocycles. The minimum absolute atomic E-state index is 0.107. The van der Waals surface area contributed by atoms with Gasteiger partial charge in [0.1, 0.15) is 13.1 Å². The Hall–Kier alpha value is -2.38. The highest BCUT2D eigenvalue weighted by atomic mass is 16.2. The van der Waals surface area contributed by atoms with Gasteiger partial charge in [0.05, 0.1) is 13.1 Å². The minimum atomic E-state index is -0.190. The van der Waals surface area contributed by atoms with Gasteiger partial charge in [0.15, 0.2) is 13.1 Å². The van der Waals surface area contributed by atoms with Gasteiger partial charge in [0.2, 0.25) is 0 Å². The molecule has 164 valence electrons. The van der Waals surface area contributed by atoms with Crippen molar-refractivity contribution in [2.75, 3.05) is 45.8 Å². The van der Waals surface area contributed by atoms with Gasteiger partial charge in [-0.05, 0) is 38.8 Å². The van der Waals surface area contributed by atoms with E-state index in [4.69, 9.17) is 0 Å². The zero-order valence-corrected chi connectivity index (χ0v) is 18.6. The van der Waals surface area contributed by atoms with Crippen molar-refractivity contribution in [2.45, 2.75) is 39.2 Å². The lowest BCUT2D eigenvalue weighted by Gasteiger charge is -2.22. The number of nitrogens with one attached hydrogen (secondary N) is 5. The number of amides is 2. The van der Waals surface area contributed by atoms with Gasteiger partial charge in [-0.1, -0.05) is 18.2 Å². The van der Waals surface area contributed by atoms with E-state index >= 15 is 0 Å². The third-order valence-corrected chi connectivity index (χ3v) is 5.62. The first-order valence-electron chi connectivity index (χ1n) is 11.1. The minimum Gasteiger partial charge on any atom is -0.361 e. The molecule has 0 bridgehead atoms. The third-order valence-electron chi connectivity index (χ3n) is 5.62. The number of hydrogen-bond donors (Lipinski definition) is 5. The van der Waals surface area contributed by atoms with Gasteiger partial charge in [-0.3, -0.25) is 9.59 Å². The maximum Gasteiger partial charge on any atom is 0.275 e. The van der Waals surface area contributed by atoms with E-state index in [0.29, 0.717) is 19.6 Å². The molecule has 2 aromatic rings. The van der Waals surface area contributed by atoms with E-state index in [-0.39, 0.29) is 17.4 Å². The first kappa shape index (κ1) is 22.3. The number of quaternary nitrogens is 2. The van der Waals surface area contributed by atoms with Gasteiger partial charge in [0, 0.05) is 35.6 Å². The van der Waals surface area contributed by atoms with Gasteiger partial charge < -0.3 is 25.4 Å². The summed E-state index contributed by atoms with van der Waals surface area (Å²) in [5.74, 6) is 0.217. The number of para-hydroxylation sites is 1. The summed E-state index contributed by atoms with van der Waals surface area (Å²) in [7, 11) is 0. The standard InChI is InChI=1S/C23H35N5O2/c1-23(2,3)26-22(30)17-28-12-6-11-27(13-14-28)16-21(29)24-10-9-18-15-25-20-8-5-4-7-19(18)20/h4-5,7-8,15,25H,6,9-14,16-17H2,1-3H3,(H,24,29)(H,26,30)/p+2. The molecule has 0 spiro atoms. The highest BCUT2D eigenvalue weighted by Gasteiger charge is 2.25. The summed E-state index contributed by atoms with van der Waals surface area (Å²) in [6.07, 6.45) is 3.89. The van der Waals surface area contributed by atoms with Crippen molar-refractivity contribution < 1.29 is 19.4 Å². The summed E-state index contributed by atoms with van der Waals surface area (Å²) >= 11 is 0. The van der Waals surface area contributed by atoms with E-state index in [9.17, 15) is 9.59 Å². The maximum atomic E-state index is 12.4. The first-order chi connectivity index (χ1) is 14.3. The highest BCUT2D eigenvalue weighted by molar-refractivity contribution is 5.83. The molecule has 2 heterocycles. The summed E-state index contributed by atoms with van der Waals surface area (Å²) in [5, 5.41) is 7.35.